The average molecular weight is 280 g/mol. The molecule has 112 valence electrons. The predicted octanol–water partition coefficient (Wildman–Crippen LogP) is 1.97. The summed E-state index contributed by atoms with van der Waals surface area (Å²) in [6.07, 6.45) is 2.25. The van der Waals surface area contributed by atoms with Gasteiger partial charge in [0.05, 0.1) is 25.7 Å². The Bertz CT molecular complexity index is 387. The van der Waals surface area contributed by atoms with Gasteiger partial charge in [0.1, 0.15) is 5.75 Å². The summed E-state index contributed by atoms with van der Waals surface area (Å²) in [6, 6.07) is 7.20. The van der Waals surface area contributed by atoms with E-state index in [0.717, 1.165) is 12.8 Å². The summed E-state index contributed by atoms with van der Waals surface area (Å²) in [5.41, 5.74) is 6.28. The molecule has 0 fully saturated rings. The SMILES string of the molecule is CCCC(COC)NC(=O)CCOc1ccc(N)cc1. The molecular formula is C15H24N2O3. The molecule has 0 spiro atoms. The van der Waals surface area contributed by atoms with E-state index >= 15 is 0 Å². The molecule has 1 atom stereocenters. The topological polar surface area (TPSA) is 73.6 Å². The fraction of sp³-hybridized carbons (Fsp3) is 0.533. The van der Waals surface area contributed by atoms with Gasteiger partial charge >= 0.3 is 0 Å². The zero-order valence-corrected chi connectivity index (χ0v) is 12.2. The molecule has 1 aromatic carbocycles. The average Bonchev–Trinajstić information content (AvgIpc) is 2.41. The molecule has 0 aliphatic rings. The van der Waals surface area contributed by atoms with Gasteiger partial charge in [0, 0.05) is 12.8 Å². The van der Waals surface area contributed by atoms with E-state index in [9.17, 15) is 4.79 Å². The van der Waals surface area contributed by atoms with Gasteiger partial charge in [-0.3, -0.25) is 4.79 Å². The van der Waals surface area contributed by atoms with Crippen LogP contribution in [0.3, 0.4) is 0 Å². The first-order chi connectivity index (χ1) is 9.65. The smallest absolute Gasteiger partial charge is 0.223 e. The number of nitrogens with two attached hydrogens (primary N) is 1. The van der Waals surface area contributed by atoms with Crippen molar-refractivity contribution in [1.82, 2.24) is 5.32 Å². The van der Waals surface area contributed by atoms with Gasteiger partial charge in [-0.2, -0.15) is 0 Å². The highest BCUT2D eigenvalue weighted by molar-refractivity contribution is 5.76. The van der Waals surface area contributed by atoms with Crippen LogP contribution in [-0.4, -0.2) is 32.3 Å². The van der Waals surface area contributed by atoms with Crippen LogP contribution in [0.1, 0.15) is 26.2 Å². The van der Waals surface area contributed by atoms with Crippen LogP contribution in [0.5, 0.6) is 5.75 Å². The molecule has 3 N–H and O–H groups in total. The van der Waals surface area contributed by atoms with Crippen LogP contribution in [0.25, 0.3) is 0 Å². The number of carbonyl (C=O) groups excluding carboxylic acids is 1. The van der Waals surface area contributed by atoms with Crippen LogP contribution in [0.2, 0.25) is 0 Å². The van der Waals surface area contributed by atoms with E-state index in [1.165, 1.54) is 0 Å². The Kier molecular flexibility index (Phi) is 7.50. The normalized spacial score (nSPS) is 11.9. The van der Waals surface area contributed by atoms with Gasteiger partial charge < -0.3 is 20.5 Å². The quantitative estimate of drug-likeness (QED) is 0.678. The third-order valence-corrected chi connectivity index (χ3v) is 2.85. The number of methoxy groups -OCH3 is 1. The molecule has 0 aromatic heterocycles. The highest BCUT2D eigenvalue weighted by atomic mass is 16.5. The number of amides is 1. The molecule has 1 aromatic rings. The molecule has 0 radical (unpaired) electrons. The first-order valence-corrected chi connectivity index (χ1v) is 6.92. The van der Waals surface area contributed by atoms with E-state index in [4.69, 9.17) is 15.2 Å². The van der Waals surface area contributed by atoms with Crippen LogP contribution in [-0.2, 0) is 9.53 Å². The Labute approximate surface area is 120 Å². The number of nitrogen functional groups attached to an aromatic ring is 1. The van der Waals surface area contributed by atoms with Crippen molar-refractivity contribution in [2.45, 2.75) is 32.2 Å². The standard InChI is InChI=1S/C15H24N2O3/c1-3-4-13(11-19-2)17-15(18)9-10-20-14-7-5-12(16)6-8-14/h5-8,13H,3-4,9-11,16H2,1-2H3,(H,17,18). The number of hydrogen-bond donors (Lipinski definition) is 2. The summed E-state index contributed by atoms with van der Waals surface area (Å²) in [5, 5.41) is 2.95. The summed E-state index contributed by atoms with van der Waals surface area (Å²) in [5.74, 6) is 0.699. The molecule has 1 unspecified atom stereocenters. The summed E-state index contributed by atoms with van der Waals surface area (Å²) < 4.78 is 10.6. The highest BCUT2D eigenvalue weighted by Crippen LogP contribution is 2.13. The van der Waals surface area contributed by atoms with Gasteiger partial charge in [0.15, 0.2) is 0 Å². The van der Waals surface area contributed by atoms with Gasteiger partial charge in [-0.05, 0) is 30.7 Å². The Hall–Kier alpha value is -1.75. The molecule has 0 saturated carbocycles. The maximum Gasteiger partial charge on any atom is 0.223 e. The molecule has 0 heterocycles. The number of hydrogen-bond acceptors (Lipinski definition) is 4. The van der Waals surface area contributed by atoms with E-state index in [1.54, 1.807) is 31.4 Å². The van der Waals surface area contributed by atoms with E-state index in [1.807, 2.05) is 0 Å². The second-order valence-electron chi connectivity index (χ2n) is 4.68. The van der Waals surface area contributed by atoms with E-state index in [0.29, 0.717) is 31.1 Å². The first kappa shape index (κ1) is 16.3. The number of rotatable bonds is 9. The maximum absolute atomic E-state index is 11.8. The van der Waals surface area contributed by atoms with Crippen LogP contribution < -0.4 is 15.8 Å². The first-order valence-electron chi connectivity index (χ1n) is 6.92. The molecule has 20 heavy (non-hydrogen) atoms. The van der Waals surface area contributed by atoms with Crippen molar-refractivity contribution in [3.05, 3.63) is 24.3 Å². The Morgan fingerprint density at radius 1 is 1.35 bits per heavy atom. The van der Waals surface area contributed by atoms with Crippen molar-refractivity contribution in [1.29, 1.82) is 0 Å². The molecule has 0 saturated heterocycles. The van der Waals surface area contributed by atoms with Gasteiger partial charge in [-0.25, -0.2) is 0 Å². The van der Waals surface area contributed by atoms with Crippen LogP contribution in [0, 0.1) is 0 Å². The van der Waals surface area contributed by atoms with E-state index < -0.39 is 0 Å². The van der Waals surface area contributed by atoms with Crippen LogP contribution >= 0.6 is 0 Å². The van der Waals surface area contributed by atoms with Crippen molar-refractivity contribution in [2.75, 3.05) is 26.1 Å². The van der Waals surface area contributed by atoms with Crippen molar-refractivity contribution < 1.29 is 14.3 Å². The third-order valence-electron chi connectivity index (χ3n) is 2.85. The number of nitrogens with one attached hydrogen (secondary N) is 1. The molecule has 0 aliphatic heterocycles. The molecule has 0 bridgehead atoms. The van der Waals surface area contributed by atoms with Gasteiger partial charge in [0.25, 0.3) is 0 Å². The number of anilines is 1. The number of benzene rings is 1. The summed E-state index contributed by atoms with van der Waals surface area (Å²) >= 11 is 0. The van der Waals surface area contributed by atoms with Crippen molar-refractivity contribution in [3.63, 3.8) is 0 Å². The van der Waals surface area contributed by atoms with Gasteiger partial charge in [-0.15, -0.1) is 0 Å². The van der Waals surface area contributed by atoms with Gasteiger partial charge in [0.2, 0.25) is 5.91 Å². The maximum atomic E-state index is 11.8. The minimum Gasteiger partial charge on any atom is -0.493 e. The highest BCUT2D eigenvalue weighted by Gasteiger charge is 2.11. The molecule has 1 rings (SSSR count). The minimum atomic E-state index is -0.0176. The second kappa shape index (κ2) is 9.20. The summed E-state index contributed by atoms with van der Waals surface area (Å²) in [6.45, 7) is 2.97. The lowest BCUT2D eigenvalue weighted by atomic mass is 10.2. The largest absolute Gasteiger partial charge is 0.493 e. The minimum absolute atomic E-state index is 0.0176. The van der Waals surface area contributed by atoms with Crippen LogP contribution in [0.15, 0.2) is 24.3 Å². The summed E-state index contributed by atoms with van der Waals surface area (Å²) in [4.78, 5) is 11.8. The summed E-state index contributed by atoms with van der Waals surface area (Å²) in [7, 11) is 1.64. The zero-order chi connectivity index (χ0) is 14.8. The lowest BCUT2D eigenvalue weighted by Gasteiger charge is -2.17. The Morgan fingerprint density at radius 2 is 2.05 bits per heavy atom. The monoisotopic (exact) mass is 280 g/mol. The fourth-order valence-corrected chi connectivity index (χ4v) is 1.87. The van der Waals surface area contributed by atoms with Gasteiger partial charge in [-0.1, -0.05) is 13.3 Å². The van der Waals surface area contributed by atoms with Crippen molar-refractivity contribution in [2.24, 2.45) is 0 Å². The van der Waals surface area contributed by atoms with Crippen molar-refractivity contribution >= 4 is 11.6 Å². The lowest BCUT2D eigenvalue weighted by Crippen LogP contribution is -2.38. The third kappa shape index (κ3) is 6.43. The Morgan fingerprint density at radius 3 is 2.65 bits per heavy atom. The predicted molar refractivity (Wildman–Crippen MR) is 79.7 cm³/mol. The number of carbonyl (C=O) groups is 1. The lowest BCUT2D eigenvalue weighted by molar-refractivity contribution is -0.122. The molecular weight excluding hydrogens is 256 g/mol. The molecule has 5 heteroatoms. The fourth-order valence-electron chi connectivity index (χ4n) is 1.87. The van der Waals surface area contributed by atoms with E-state index in [2.05, 4.69) is 12.2 Å². The van der Waals surface area contributed by atoms with E-state index in [-0.39, 0.29) is 11.9 Å². The second-order valence-corrected chi connectivity index (χ2v) is 4.68. The van der Waals surface area contributed by atoms with Crippen molar-refractivity contribution in [3.8, 4) is 5.75 Å². The molecule has 0 aliphatic carbocycles. The zero-order valence-electron chi connectivity index (χ0n) is 12.2. The molecule has 5 nitrogen and oxygen atoms in total. The molecule has 1 amide bonds. The Balaban J connectivity index is 2.26. The van der Waals surface area contributed by atoms with Crippen LogP contribution in [0.4, 0.5) is 5.69 Å². The number of ether oxygens (including phenoxy) is 2.